The first-order chi connectivity index (χ1) is 6.74. The molecule has 2 rings (SSSR count). The second-order valence-corrected chi connectivity index (χ2v) is 3.76. The Labute approximate surface area is 84.2 Å². The van der Waals surface area contributed by atoms with Gasteiger partial charge in [0.15, 0.2) is 5.13 Å². The first-order valence-corrected chi connectivity index (χ1v) is 4.73. The predicted molar refractivity (Wildman–Crippen MR) is 53.1 cm³/mol. The maximum atomic E-state index is 13.0. The van der Waals surface area contributed by atoms with Gasteiger partial charge in [-0.2, -0.15) is 9.65 Å². The van der Waals surface area contributed by atoms with Gasteiger partial charge < -0.3 is 4.74 Å². The lowest BCUT2D eigenvalue weighted by atomic mass is 10.2. The second-order valence-electron chi connectivity index (χ2n) is 2.76. The molecule has 0 atom stereocenters. The summed E-state index contributed by atoms with van der Waals surface area (Å²) < 4.78 is 18.8. The third kappa shape index (κ3) is 1.32. The normalized spacial score (nSPS) is 10.1. The molecular formula is C10H6FNOS. The van der Waals surface area contributed by atoms with Crippen LogP contribution in [-0.2, 0) is 0 Å². The Hall–Kier alpha value is -1.60. The highest BCUT2D eigenvalue weighted by Gasteiger charge is 2.08. The van der Waals surface area contributed by atoms with Crippen LogP contribution in [0.5, 0.6) is 5.75 Å². The molecule has 4 heteroatoms. The van der Waals surface area contributed by atoms with Crippen LogP contribution in [0.1, 0.15) is 5.56 Å². The SMILES string of the molecule is COc1cc(C#N)cc2cc(F)sc12. The van der Waals surface area contributed by atoms with Crippen molar-refractivity contribution in [3.05, 3.63) is 28.9 Å². The van der Waals surface area contributed by atoms with Crippen molar-refractivity contribution in [1.82, 2.24) is 0 Å². The van der Waals surface area contributed by atoms with Gasteiger partial charge in [0.2, 0.25) is 0 Å². The Bertz CT molecular complexity index is 527. The molecule has 1 aromatic heterocycles. The van der Waals surface area contributed by atoms with Crippen LogP contribution in [0.2, 0.25) is 0 Å². The molecule has 0 fully saturated rings. The van der Waals surface area contributed by atoms with Crippen LogP contribution in [-0.4, -0.2) is 7.11 Å². The van der Waals surface area contributed by atoms with Crippen molar-refractivity contribution in [2.24, 2.45) is 0 Å². The Balaban J connectivity index is 2.80. The summed E-state index contributed by atoms with van der Waals surface area (Å²) >= 11 is 1.02. The number of methoxy groups -OCH3 is 1. The van der Waals surface area contributed by atoms with Gasteiger partial charge in [-0.05, 0) is 18.2 Å². The molecule has 0 radical (unpaired) electrons. The number of rotatable bonds is 1. The topological polar surface area (TPSA) is 33.0 Å². The monoisotopic (exact) mass is 207 g/mol. The van der Waals surface area contributed by atoms with E-state index in [9.17, 15) is 4.39 Å². The molecule has 0 N–H and O–H groups in total. The van der Waals surface area contributed by atoms with E-state index in [0.29, 0.717) is 16.7 Å². The molecule has 14 heavy (non-hydrogen) atoms. The number of fused-ring (bicyclic) bond motifs is 1. The van der Waals surface area contributed by atoms with E-state index in [-0.39, 0.29) is 5.13 Å². The van der Waals surface area contributed by atoms with E-state index < -0.39 is 0 Å². The molecule has 2 aromatic rings. The van der Waals surface area contributed by atoms with Crippen molar-refractivity contribution in [3.63, 3.8) is 0 Å². The Kier molecular flexibility index (Phi) is 2.10. The third-order valence-corrected chi connectivity index (χ3v) is 2.86. The average molecular weight is 207 g/mol. The Morgan fingerprint density at radius 1 is 1.43 bits per heavy atom. The highest BCUT2D eigenvalue weighted by molar-refractivity contribution is 7.17. The highest BCUT2D eigenvalue weighted by atomic mass is 32.1. The van der Waals surface area contributed by atoms with Crippen molar-refractivity contribution >= 4 is 21.4 Å². The van der Waals surface area contributed by atoms with E-state index in [2.05, 4.69) is 0 Å². The minimum absolute atomic E-state index is 0.270. The van der Waals surface area contributed by atoms with Gasteiger partial charge in [0, 0.05) is 5.39 Å². The minimum Gasteiger partial charge on any atom is -0.495 e. The van der Waals surface area contributed by atoms with E-state index in [4.69, 9.17) is 10.00 Å². The van der Waals surface area contributed by atoms with Gasteiger partial charge in [-0.15, -0.1) is 11.3 Å². The summed E-state index contributed by atoms with van der Waals surface area (Å²) in [6.07, 6.45) is 0. The molecule has 0 spiro atoms. The van der Waals surface area contributed by atoms with Gasteiger partial charge in [-0.25, -0.2) is 0 Å². The molecule has 0 saturated heterocycles. The van der Waals surface area contributed by atoms with Crippen LogP contribution in [0.4, 0.5) is 4.39 Å². The lowest BCUT2D eigenvalue weighted by Gasteiger charge is -2.00. The van der Waals surface area contributed by atoms with Crippen molar-refractivity contribution in [2.75, 3.05) is 7.11 Å². The summed E-state index contributed by atoms with van der Waals surface area (Å²) in [4.78, 5) is 0. The van der Waals surface area contributed by atoms with Gasteiger partial charge in [0.05, 0.1) is 23.4 Å². The number of halogens is 1. The summed E-state index contributed by atoms with van der Waals surface area (Å²) in [6, 6.07) is 6.67. The van der Waals surface area contributed by atoms with Crippen molar-refractivity contribution in [1.29, 1.82) is 5.26 Å². The summed E-state index contributed by atoms with van der Waals surface area (Å²) in [7, 11) is 1.51. The van der Waals surface area contributed by atoms with E-state index in [0.717, 1.165) is 16.0 Å². The van der Waals surface area contributed by atoms with Crippen LogP contribution in [0.25, 0.3) is 10.1 Å². The van der Waals surface area contributed by atoms with Gasteiger partial charge in [-0.1, -0.05) is 0 Å². The molecule has 0 unspecified atom stereocenters. The van der Waals surface area contributed by atoms with E-state index in [1.807, 2.05) is 6.07 Å². The molecule has 1 aromatic carbocycles. The van der Waals surface area contributed by atoms with Crippen LogP contribution < -0.4 is 4.74 Å². The summed E-state index contributed by atoms with van der Waals surface area (Å²) in [5.74, 6) is 0.549. The first kappa shape index (κ1) is 8.97. The van der Waals surface area contributed by atoms with Crippen LogP contribution >= 0.6 is 11.3 Å². The maximum absolute atomic E-state index is 13.0. The van der Waals surface area contributed by atoms with Crippen molar-refractivity contribution in [3.8, 4) is 11.8 Å². The van der Waals surface area contributed by atoms with E-state index >= 15 is 0 Å². The number of thiophene rings is 1. The molecule has 0 aliphatic carbocycles. The quantitative estimate of drug-likeness (QED) is 0.720. The molecule has 0 amide bonds. The molecule has 0 bridgehead atoms. The fourth-order valence-corrected chi connectivity index (χ4v) is 2.17. The molecular weight excluding hydrogens is 201 g/mol. The van der Waals surface area contributed by atoms with Crippen LogP contribution in [0.3, 0.4) is 0 Å². The molecule has 0 aliphatic heterocycles. The maximum Gasteiger partial charge on any atom is 0.177 e. The smallest absolute Gasteiger partial charge is 0.177 e. The standard InChI is InChI=1S/C10H6FNOS/c1-13-8-3-6(5-12)2-7-4-9(11)14-10(7)8/h2-4H,1H3. The Morgan fingerprint density at radius 3 is 2.86 bits per heavy atom. The lowest BCUT2D eigenvalue weighted by Crippen LogP contribution is -1.83. The number of hydrogen-bond acceptors (Lipinski definition) is 3. The van der Waals surface area contributed by atoms with Crippen molar-refractivity contribution in [2.45, 2.75) is 0 Å². The molecule has 70 valence electrons. The second kappa shape index (κ2) is 3.28. The summed E-state index contributed by atoms with van der Waals surface area (Å²) in [5.41, 5.74) is 0.479. The van der Waals surface area contributed by atoms with Crippen LogP contribution in [0, 0.1) is 16.5 Å². The fraction of sp³-hybridized carbons (Fsp3) is 0.100. The van der Waals surface area contributed by atoms with E-state index in [1.165, 1.54) is 13.2 Å². The lowest BCUT2D eigenvalue weighted by molar-refractivity contribution is 0.420. The molecule has 2 nitrogen and oxygen atoms in total. The van der Waals surface area contributed by atoms with Gasteiger partial charge in [0.25, 0.3) is 0 Å². The number of nitrogens with zero attached hydrogens (tertiary/aromatic N) is 1. The zero-order valence-corrected chi connectivity index (χ0v) is 8.19. The number of nitriles is 1. The average Bonchev–Trinajstić information content (AvgIpc) is 2.56. The number of hydrogen-bond donors (Lipinski definition) is 0. The number of ether oxygens (including phenoxy) is 1. The molecule has 1 heterocycles. The van der Waals surface area contributed by atoms with E-state index in [1.54, 1.807) is 12.1 Å². The molecule has 0 aliphatic rings. The third-order valence-electron chi connectivity index (χ3n) is 1.90. The minimum atomic E-state index is -0.270. The zero-order chi connectivity index (χ0) is 10.1. The van der Waals surface area contributed by atoms with Crippen LogP contribution in [0.15, 0.2) is 18.2 Å². The van der Waals surface area contributed by atoms with Gasteiger partial charge in [-0.3, -0.25) is 0 Å². The largest absolute Gasteiger partial charge is 0.495 e. The van der Waals surface area contributed by atoms with Crippen molar-refractivity contribution < 1.29 is 9.13 Å². The summed E-state index contributed by atoms with van der Waals surface area (Å²) in [5, 5.41) is 9.17. The first-order valence-electron chi connectivity index (χ1n) is 3.92. The van der Waals surface area contributed by atoms with Gasteiger partial charge >= 0.3 is 0 Å². The predicted octanol–water partition coefficient (Wildman–Crippen LogP) is 2.92. The van der Waals surface area contributed by atoms with Gasteiger partial charge in [0.1, 0.15) is 5.75 Å². The fourth-order valence-electron chi connectivity index (χ4n) is 1.31. The number of benzene rings is 1. The highest BCUT2D eigenvalue weighted by Crippen LogP contribution is 2.33. The Morgan fingerprint density at radius 2 is 2.21 bits per heavy atom. The summed E-state index contributed by atoms with van der Waals surface area (Å²) in [6.45, 7) is 0. The molecule has 0 saturated carbocycles. The zero-order valence-electron chi connectivity index (χ0n) is 7.37.